The first-order valence-electron chi connectivity index (χ1n) is 3.76. The first-order valence-corrected chi connectivity index (χ1v) is 4.14. The summed E-state index contributed by atoms with van der Waals surface area (Å²) >= 11 is 5.07. The molecule has 1 heterocycles. The zero-order valence-corrected chi connectivity index (χ0v) is 8.27. The van der Waals surface area contributed by atoms with Crippen LogP contribution in [0.5, 0.6) is 5.75 Å². The lowest BCUT2D eigenvalue weighted by Crippen LogP contribution is -2.17. The van der Waals surface area contributed by atoms with Crippen LogP contribution < -0.4 is 10.3 Å². The molecule has 7 heteroatoms. The first-order chi connectivity index (χ1) is 6.97. The van der Waals surface area contributed by atoms with E-state index in [1.54, 1.807) is 0 Å². The SMILES string of the molecule is COc1cc(C(=O)Cl)c(=O)[nH]c1C(F)F. The Morgan fingerprint density at radius 1 is 1.60 bits per heavy atom. The lowest BCUT2D eigenvalue weighted by molar-refractivity contribution is 0.107. The van der Waals surface area contributed by atoms with Gasteiger partial charge < -0.3 is 9.72 Å². The second kappa shape index (κ2) is 4.39. The molecule has 0 radical (unpaired) electrons. The van der Waals surface area contributed by atoms with Crippen molar-refractivity contribution in [3.05, 3.63) is 27.7 Å². The number of pyridine rings is 1. The van der Waals surface area contributed by atoms with Gasteiger partial charge in [0.25, 0.3) is 17.2 Å². The minimum atomic E-state index is -2.90. The molecule has 0 bridgehead atoms. The number of halogens is 3. The standard InChI is InChI=1S/C8H6ClF2NO3/c1-15-4-2-3(6(9)13)8(14)12-5(4)7(10)11/h2,7H,1H3,(H,12,14). The molecule has 0 amide bonds. The van der Waals surface area contributed by atoms with E-state index < -0.39 is 28.5 Å². The van der Waals surface area contributed by atoms with Crippen LogP contribution in [0.4, 0.5) is 8.78 Å². The van der Waals surface area contributed by atoms with Crippen molar-refractivity contribution in [1.29, 1.82) is 0 Å². The van der Waals surface area contributed by atoms with Gasteiger partial charge in [-0.2, -0.15) is 0 Å². The van der Waals surface area contributed by atoms with Crippen LogP contribution >= 0.6 is 11.6 Å². The van der Waals surface area contributed by atoms with E-state index in [1.165, 1.54) is 0 Å². The normalized spacial score (nSPS) is 10.5. The summed E-state index contributed by atoms with van der Waals surface area (Å²) in [4.78, 5) is 23.7. The monoisotopic (exact) mass is 237 g/mol. The van der Waals surface area contributed by atoms with Crippen molar-refractivity contribution in [2.75, 3.05) is 7.11 Å². The van der Waals surface area contributed by atoms with Gasteiger partial charge in [0, 0.05) is 0 Å². The Labute approximate surface area is 87.8 Å². The minimum Gasteiger partial charge on any atom is -0.495 e. The molecular formula is C8H6ClF2NO3. The molecule has 1 rings (SSSR count). The van der Waals surface area contributed by atoms with Crippen LogP contribution in [0.1, 0.15) is 22.5 Å². The quantitative estimate of drug-likeness (QED) is 0.814. The van der Waals surface area contributed by atoms with Gasteiger partial charge in [-0.15, -0.1) is 0 Å². The molecule has 0 spiro atoms. The number of hydrogen-bond acceptors (Lipinski definition) is 3. The number of H-pyrrole nitrogens is 1. The van der Waals surface area contributed by atoms with Crippen LogP contribution in [0.15, 0.2) is 10.9 Å². The Kier molecular flexibility index (Phi) is 3.41. The molecule has 0 fully saturated rings. The molecule has 15 heavy (non-hydrogen) atoms. The van der Waals surface area contributed by atoms with Crippen molar-refractivity contribution in [3.8, 4) is 5.75 Å². The summed E-state index contributed by atoms with van der Waals surface area (Å²) < 4.78 is 29.3. The van der Waals surface area contributed by atoms with E-state index in [1.807, 2.05) is 4.98 Å². The maximum Gasteiger partial charge on any atom is 0.281 e. The summed E-state index contributed by atoms with van der Waals surface area (Å²) in [5.41, 5.74) is -2.08. The molecule has 0 saturated carbocycles. The number of aromatic amines is 1. The minimum absolute atomic E-state index is 0.284. The van der Waals surface area contributed by atoms with Crippen molar-refractivity contribution in [3.63, 3.8) is 0 Å². The highest BCUT2D eigenvalue weighted by molar-refractivity contribution is 6.67. The van der Waals surface area contributed by atoms with Crippen LogP contribution in [-0.4, -0.2) is 17.3 Å². The molecule has 1 aromatic heterocycles. The van der Waals surface area contributed by atoms with E-state index in [0.29, 0.717) is 0 Å². The largest absolute Gasteiger partial charge is 0.495 e. The van der Waals surface area contributed by atoms with Crippen molar-refractivity contribution in [1.82, 2.24) is 4.98 Å². The molecular weight excluding hydrogens is 232 g/mol. The maximum absolute atomic E-state index is 12.4. The van der Waals surface area contributed by atoms with Crippen molar-refractivity contribution >= 4 is 16.8 Å². The molecule has 82 valence electrons. The summed E-state index contributed by atoms with van der Waals surface area (Å²) in [6.45, 7) is 0. The Balaban J connectivity index is 3.42. The van der Waals surface area contributed by atoms with Crippen LogP contribution in [0, 0.1) is 0 Å². The Bertz CT molecular complexity index is 444. The van der Waals surface area contributed by atoms with Crippen LogP contribution in [-0.2, 0) is 0 Å². The molecule has 1 aromatic rings. The second-order valence-electron chi connectivity index (χ2n) is 2.57. The summed E-state index contributed by atoms with van der Waals surface area (Å²) in [6, 6.07) is 0.885. The topological polar surface area (TPSA) is 59.2 Å². The highest BCUT2D eigenvalue weighted by atomic mass is 35.5. The number of rotatable bonds is 3. The van der Waals surface area contributed by atoms with Crippen molar-refractivity contribution < 1.29 is 18.3 Å². The van der Waals surface area contributed by atoms with Gasteiger partial charge in [-0.25, -0.2) is 8.78 Å². The lowest BCUT2D eigenvalue weighted by Gasteiger charge is -2.07. The van der Waals surface area contributed by atoms with E-state index in [0.717, 1.165) is 13.2 Å². The van der Waals surface area contributed by atoms with E-state index in [2.05, 4.69) is 4.74 Å². The third-order valence-corrected chi connectivity index (χ3v) is 1.89. The highest BCUT2D eigenvalue weighted by Gasteiger charge is 2.19. The van der Waals surface area contributed by atoms with Crippen LogP contribution in [0.3, 0.4) is 0 Å². The van der Waals surface area contributed by atoms with Crippen LogP contribution in [0.2, 0.25) is 0 Å². The van der Waals surface area contributed by atoms with E-state index >= 15 is 0 Å². The van der Waals surface area contributed by atoms with Crippen molar-refractivity contribution in [2.24, 2.45) is 0 Å². The van der Waals surface area contributed by atoms with Gasteiger partial charge in [0.15, 0.2) is 0 Å². The van der Waals surface area contributed by atoms with Gasteiger partial charge in [-0.05, 0) is 17.7 Å². The third-order valence-electron chi connectivity index (χ3n) is 1.68. The van der Waals surface area contributed by atoms with Crippen molar-refractivity contribution in [2.45, 2.75) is 6.43 Å². The third kappa shape index (κ3) is 2.33. The number of carbonyl (C=O) groups excluding carboxylic acids is 1. The predicted molar refractivity (Wildman–Crippen MR) is 48.8 cm³/mol. The average molecular weight is 238 g/mol. The van der Waals surface area contributed by atoms with E-state index in [4.69, 9.17) is 11.6 Å². The zero-order chi connectivity index (χ0) is 11.6. The smallest absolute Gasteiger partial charge is 0.281 e. The Morgan fingerprint density at radius 2 is 2.20 bits per heavy atom. The fraction of sp³-hybridized carbons (Fsp3) is 0.250. The summed E-state index contributed by atoms with van der Waals surface area (Å²) in [5, 5.41) is -1.03. The Hall–Kier alpha value is -1.43. The molecule has 0 saturated heterocycles. The number of nitrogens with one attached hydrogen (secondary N) is 1. The van der Waals surface area contributed by atoms with Gasteiger partial charge in [-0.1, -0.05) is 0 Å². The molecule has 0 aliphatic carbocycles. The molecule has 0 aromatic carbocycles. The molecule has 0 atom stereocenters. The molecule has 1 N–H and O–H groups in total. The molecule has 0 aliphatic rings. The van der Waals surface area contributed by atoms with E-state index in [9.17, 15) is 18.4 Å². The molecule has 4 nitrogen and oxygen atoms in total. The van der Waals surface area contributed by atoms with Gasteiger partial charge in [-0.3, -0.25) is 9.59 Å². The number of carbonyl (C=O) groups is 1. The van der Waals surface area contributed by atoms with E-state index in [-0.39, 0.29) is 5.75 Å². The van der Waals surface area contributed by atoms with Gasteiger partial charge in [0.05, 0.1) is 7.11 Å². The lowest BCUT2D eigenvalue weighted by atomic mass is 10.2. The number of hydrogen-bond donors (Lipinski definition) is 1. The molecule has 0 aliphatic heterocycles. The first kappa shape index (κ1) is 11.6. The zero-order valence-electron chi connectivity index (χ0n) is 7.51. The van der Waals surface area contributed by atoms with Crippen LogP contribution in [0.25, 0.3) is 0 Å². The number of alkyl halides is 2. The fourth-order valence-corrected chi connectivity index (χ4v) is 1.14. The average Bonchev–Trinajstić information content (AvgIpc) is 2.16. The van der Waals surface area contributed by atoms with Gasteiger partial charge in [0.1, 0.15) is 17.0 Å². The number of ether oxygens (including phenoxy) is 1. The second-order valence-corrected chi connectivity index (χ2v) is 2.91. The Morgan fingerprint density at radius 3 is 2.60 bits per heavy atom. The predicted octanol–water partition coefficient (Wildman–Crippen LogP) is 1.70. The highest BCUT2D eigenvalue weighted by Crippen LogP contribution is 2.26. The van der Waals surface area contributed by atoms with Gasteiger partial charge >= 0.3 is 0 Å². The molecule has 0 unspecified atom stereocenters. The number of aromatic nitrogens is 1. The summed E-state index contributed by atoms with van der Waals surface area (Å²) in [5.74, 6) is -0.284. The van der Waals surface area contributed by atoms with Gasteiger partial charge in [0.2, 0.25) is 0 Å². The fourth-order valence-electron chi connectivity index (χ4n) is 1.00. The summed E-state index contributed by atoms with van der Waals surface area (Å²) in [6.07, 6.45) is -2.90. The number of methoxy groups -OCH3 is 1. The maximum atomic E-state index is 12.4. The summed E-state index contributed by atoms with van der Waals surface area (Å²) in [7, 11) is 1.14.